The zero-order chi connectivity index (χ0) is 18.2. The molecule has 2 rings (SSSR count). The highest BCUT2D eigenvalue weighted by molar-refractivity contribution is 6.34. The minimum Gasteiger partial charge on any atom is -0.345 e. The maximum atomic E-state index is 12.4. The third kappa shape index (κ3) is 5.32. The Balaban J connectivity index is 1.90. The summed E-state index contributed by atoms with van der Waals surface area (Å²) < 4.78 is 0. The molecule has 1 fully saturated rings. The second-order valence-corrected chi connectivity index (χ2v) is 6.86. The molecule has 25 heavy (non-hydrogen) atoms. The van der Waals surface area contributed by atoms with Crippen molar-refractivity contribution in [2.75, 3.05) is 7.05 Å². The average Bonchev–Trinajstić information content (AvgIpc) is 2.66. The summed E-state index contributed by atoms with van der Waals surface area (Å²) in [4.78, 5) is 26.1. The Hall–Kier alpha value is -2.35. The molecule has 0 heterocycles. The van der Waals surface area contributed by atoms with Gasteiger partial charge in [0.05, 0.1) is 11.6 Å². The van der Waals surface area contributed by atoms with Crippen LogP contribution in [-0.2, 0) is 16.1 Å². The van der Waals surface area contributed by atoms with Gasteiger partial charge < -0.3 is 10.2 Å². The van der Waals surface area contributed by atoms with Crippen LogP contribution in [0.15, 0.2) is 24.3 Å². The molecule has 2 amide bonds. The van der Waals surface area contributed by atoms with Gasteiger partial charge in [0.2, 0.25) is 0 Å². The standard InChI is InChI=1S/C20H27N3O2/c1-3-18(17-7-5-4-6-8-17)22-19(24)20(25)23(2)14-16-11-9-15(13-21)10-12-16/h9-12,17-18H,3-8,14H2,1-2H3,(H,22,24). The molecule has 1 N–H and O–H groups in total. The van der Waals surface area contributed by atoms with Crippen molar-refractivity contribution in [2.45, 2.75) is 58.0 Å². The van der Waals surface area contributed by atoms with E-state index in [2.05, 4.69) is 18.3 Å². The van der Waals surface area contributed by atoms with Gasteiger partial charge in [-0.3, -0.25) is 9.59 Å². The number of nitrogens with zero attached hydrogens (tertiary/aromatic N) is 2. The molecule has 1 aliphatic carbocycles. The highest BCUT2D eigenvalue weighted by Gasteiger charge is 2.27. The molecule has 5 nitrogen and oxygen atoms in total. The summed E-state index contributed by atoms with van der Waals surface area (Å²) in [5.41, 5.74) is 1.47. The maximum absolute atomic E-state index is 12.4. The number of hydrogen-bond acceptors (Lipinski definition) is 3. The molecule has 0 radical (unpaired) electrons. The van der Waals surface area contributed by atoms with Gasteiger partial charge in [-0.15, -0.1) is 0 Å². The van der Waals surface area contributed by atoms with E-state index in [1.807, 2.05) is 0 Å². The topological polar surface area (TPSA) is 73.2 Å². The molecular formula is C20H27N3O2. The van der Waals surface area contributed by atoms with Crippen molar-refractivity contribution in [2.24, 2.45) is 5.92 Å². The molecule has 1 unspecified atom stereocenters. The number of nitriles is 1. The lowest BCUT2D eigenvalue weighted by atomic mass is 9.83. The summed E-state index contributed by atoms with van der Waals surface area (Å²) in [7, 11) is 1.63. The SMILES string of the molecule is CCC(NC(=O)C(=O)N(C)Cc1ccc(C#N)cc1)C1CCCCC1. The van der Waals surface area contributed by atoms with Gasteiger partial charge in [0, 0.05) is 19.6 Å². The van der Waals surface area contributed by atoms with E-state index >= 15 is 0 Å². The molecule has 1 saturated carbocycles. The summed E-state index contributed by atoms with van der Waals surface area (Å²) >= 11 is 0. The highest BCUT2D eigenvalue weighted by Crippen LogP contribution is 2.27. The number of nitrogens with one attached hydrogen (secondary N) is 1. The molecule has 0 aromatic heterocycles. The summed E-state index contributed by atoms with van der Waals surface area (Å²) in [6.07, 6.45) is 6.81. The fourth-order valence-electron chi connectivity index (χ4n) is 3.52. The summed E-state index contributed by atoms with van der Waals surface area (Å²) in [5.74, 6) is -0.550. The second kappa shape index (κ2) is 9.22. The number of amides is 2. The zero-order valence-corrected chi connectivity index (χ0v) is 15.1. The lowest BCUT2D eigenvalue weighted by Gasteiger charge is -2.30. The van der Waals surface area contributed by atoms with E-state index in [0.29, 0.717) is 18.0 Å². The van der Waals surface area contributed by atoms with Crippen LogP contribution < -0.4 is 5.32 Å². The van der Waals surface area contributed by atoms with Crippen LogP contribution >= 0.6 is 0 Å². The van der Waals surface area contributed by atoms with E-state index in [-0.39, 0.29) is 6.04 Å². The third-order valence-corrected chi connectivity index (χ3v) is 5.02. The quantitative estimate of drug-likeness (QED) is 0.837. The Morgan fingerprint density at radius 1 is 1.24 bits per heavy atom. The Kier molecular flexibility index (Phi) is 7.00. The fraction of sp³-hybridized carbons (Fsp3) is 0.550. The molecule has 0 saturated heterocycles. The summed E-state index contributed by atoms with van der Waals surface area (Å²) in [6, 6.07) is 9.18. The third-order valence-electron chi connectivity index (χ3n) is 5.02. The first kappa shape index (κ1) is 19.0. The van der Waals surface area contributed by atoms with E-state index in [1.165, 1.54) is 24.2 Å². The van der Waals surface area contributed by atoms with Crippen LogP contribution in [0, 0.1) is 17.2 Å². The Morgan fingerprint density at radius 3 is 2.44 bits per heavy atom. The van der Waals surface area contributed by atoms with Crippen molar-refractivity contribution >= 4 is 11.8 Å². The number of hydrogen-bond donors (Lipinski definition) is 1. The van der Waals surface area contributed by atoms with Crippen molar-refractivity contribution in [3.05, 3.63) is 35.4 Å². The monoisotopic (exact) mass is 341 g/mol. The Bertz CT molecular complexity index is 627. The van der Waals surface area contributed by atoms with Crippen LogP contribution in [0.4, 0.5) is 0 Å². The van der Waals surface area contributed by atoms with E-state index in [9.17, 15) is 9.59 Å². The first-order valence-electron chi connectivity index (χ1n) is 9.10. The van der Waals surface area contributed by atoms with Crippen LogP contribution in [0.25, 0.3) is 0 Å². The average molecular weight is 341 g/mol. The molecule has 0 aliphatic heterocycles. The van der Waals surface area contributed by atoms with Crippen LogP contribution in [0.1, 0.15) is 56.6 Å². The largest absolute Gasteiger partial charge is 0.345 e. The number of carbonyl (C=O) groups is 2. The van der Waals surface area contributed by atoms with Crippen molar-refractivity contribution in [3.63, 3.8) is 0 Å². The van der Waals surface area contributed by atoms with Gasteiger partial charge in [-0.25, -0.2) is 0 Å². The number of carbonyl (C=O) groups excluding carboxylic acids is 2. The predicted octanol–water partition coefficient (Wildman–Crippen LogP) is 2.99. The van der Waals surface area contributed by atoms with Gasteiger partial charge in [-0.05, 0) is 42.9 Å². The van der Waals surface area contributed by atoms with E-state index in [1.54, 1.807) is 31.3 Å². The number of likely N-dealkylation sites (N-methyl/N-ethyl adjacent to an activating group) is 1. The van der Waals surface area contributed by atoms with Crippen LogP contribution in [0.2, 0.25) is 0 Å². The second-order valence-electron chi connectivity index (χ2n) is 6.86. The molecule has 1 aromatic carbocycles. The number of rotatable bonds is 5. The predicted molar refractivity (Wildman–Crippen MR) is 96.4 cm³/mol. The minimum atomic E-state index is -0.520. The molecule has 0 bridgehead atoms. The summed E-state index contributed by atoms with van der Waals surface area (Å²) in [6.45, 7) is 2.41. The van der Waals surface area contributed by atoms with Crippen molar-refractivity contribution in [3.8, 4) is 6.07 Å². The van der Waals surface area contributed by atoms with Gasteiger partial charge in [-0.2, -0.15) is 5.26 Å². The Morgan fingerprint density at radius 2 is 1.88 bits per heavy atom. The van der Waals surface area contributed by atoms with Crippen molar-refractivity contribution in [1.82, 2.24) is 10.2 Å². The van der Waals surface area contributed by atoms with E-state index in [4.69, 9.17) is 5.26 Å². The van der Waals surface area contributed by atoms with Crippen LogP contribution in [0.3, 0.4) is 0 Å². The van der Waals surface area contributed by atoms with Crippen LogP contribution in [0.5, 0.6) is 0 Å². The van der Waals surface area contributed by atoms with Gasteiger partial charge >= 0.3 is 11.8 Å². The Labute approximate surface area is 150 Å². The normalized spacial score (nSPS) is 15.9. The first-order valence-corrected chi connectivity index (χ1v) is 9.10. The fourth-order valence-corrected chi connectivity index (χ4v) is 3.52. The molecule has 0 spiro atoms. The van der Waals surface area contributed by atoms with Gasteiger partial charge in [-0.1, -0.05) is 38.3 Å². The highest BCUT2D eigenvalue weighted by atomic mass is 16.2. The lowest BCUT2D eigenvalue weighted by Crippen LogP contribution is -2.47. The summed E-state index contributed by atoms with van der Waals surface area (Å²) in [5, 5.41) is 11.8. The molecular weight excluding hydrogens is 314 g/mol. The first-order chi connectivity index (χ1) is 12.0. The molecule has 5 heteroatoms. The molecule has 1 aromatic rings. The van der Waals surface area contributed by atoms with Gasteiger partial charge in [0.15, 0.2) is 0 Å². The molecule has 1 atom stereocenters. The van der Waals surface area contributed by atoms with Crippen molar-refractivity contribution < 1.29 is 9.59 Å². The molecule has 1 aliphatic rings. The van der Waals surface area contributed by atoms with E-state index in [0.717, 1.165) is 24.8 Å². The minimum absolute atomic E-state index is 0.0834. The molecule has 134 valence electrons. The smallest absolute Gasteiger partial charge is 0.311 e. The van der Waals surface area contributed by atoms with Crippen molar-refractivity contribution in [1.29, 1.82) is 5.26 Å². The lowest BCUT2D eigenvalue weighted by molar-refractivity contribution is -0.146. The number of benzene rings is 1. The van der Waals surface area contributed by atoms with Gasteiger partial charge in [0.1, 0.15) is 0 Å². The zero-order valence-electron chi connectivity index (χ0n) is 15.1. The maximum Gasteiger partial charge on any atom is 0.311 e. The van der Waals surface area contributed by atoms with E-state index < -0.39 is 11.8 Å². The van der Waals surface area contributed by atoms with Gasteiger partial charge in [0.25, 0.3) is 0 Å². The van der Waals surface area contributed by atoms with Crippen LogP contribution in [-0.4, -0.2) is 29.8 Å².